The minimum absolute atomic E-state index is 0.549. The molecule has 0 fully saturated rings. The summed E-state index contributed by atoms with van der Waals surface area (Å²) in [4.78, 5) is 0. The van der Waals surface area contributed by atoms with E-state index in [0.29, 0.717) is 12.8 Å². The predicted octanol–water partition coefficient (Wildman–Crippen LogP) is 1.84. The summed E-state index contributed by atoms with van der Waals surface area (Å²) in [5, 5.41) is 28.7. The van der Waals surface area contributed by atoms with Crippen LogP contribution in [0.1, 0.15) is 58.8 Å². The molecule has 0 amide bonds. The van der Waals surface area contributed by atoms with E-state index in [9.17, 15) is 15.3 Å². The van der Waals surface area contributed by atoms with Crippen molar-refractivity contribution in [1.29, 1.82) is 0 Å². The summed E-state index contributed by atoms with van der Waals surface area (Å²) in [6, 6.07) is 0. The van der Waals surface area contributed by atoms with Gasteiger partial charge in [-0.2, -0.15) is 0 Å². The Hall–Kier alpha value is -0.120. The van der Waals surface area contributed by atoms with Gasteiger partial charge in [0, 0.05) is 0 Å². The molecule has 0 aromatic carbocycles. The first-order valence-corrected chi connectivity index (χ1v) is 6.17. The standard InChI is InChI=1S/C12H26O3/c1-3-5-6-7-9-11(14)12(15)10(13)8-4-2/h10-15H,3-9H2,1-2H3/t10?,11-,12+/m1/s1. The molecule has 3 atom stereocenters. The van der Waals surface area contributed by atoms with Crippen LogP contribution in [0.25, 0.3) is 0 Å². The molecule has 15 heavy (non-hydrogen) atoms. The van der Waals surface area contributed by atoms with Gasteiger partial charge in [0.1, 0.15) is 6.10 Å². The van der Waals surface area contributed by atoms with Crippen LogP contribution in [0.4, 0.5) is 0 Å². The zero-order valence-electron chi connectivity index (χ0n) is 10.0. The Morgan fingerprint density at radius 2 is 1.33 bits per heavy atom. The molecule has 3 nitrogen and oxygen atoms in total. The summed E-state index contributed by atoms with van der Waals surface area (Å²) in [7, 11) is 0. The van der Waals surface area contributed by atoms with Crippen molar-refractivity contribution in [2.75, 3.05) is 0 Å². The fraction of sp³-hybridized carbons (Fsp3) is 1.00. The molecule has 0 aliphatic heterocycles. The van der Waals surface area contributed by atoms with Crippen LogP contribution in [0.15, 0.2) is 0 Å². The Kier molecular flexibility index (Phi) is 9.06. The van der Waals surface area contributed by atoms with E-state index < -0.39 is 18.3 Å². The summed E-state index contributed by atoms with van der Waals surface area (Å²) in [5.74, 6) is 0. The van der Waals surface area contributed by atoms with Crippen LogP contribution in [0.5, 0.6) is 0 Å². The molecule has 0 aliphatic rings. The van der Waals surface area contributed by atoms with Crippen LogP contribution in [0.2, 0.25) is 0 Å². The van der Waals surface area contributed by atoms with Crippen molar-refractivity contribution in [3.63, 3.8) is 0 Å². The second kappa shape index (κ2) is 9.13. The third-order valence-electron chi connectivity index (χ3n) is 2.73. The normalized spacial score (nSPS) is 17.4. The van der Waals surface area contributed by atoms with E-state index >= 15 is 0 Å². The molecule has 0 heterocycles. The summed E-state index contributed by atoms with van der Waals surface area (Å²) < 4.78 is 0. The Bertz CT molecular complexity index is 139. The van der Waals surface area contributed by atoms with Gasteiger partial charge in [-0.05, 0) is 12.8 Å². The molecule has 3 N–H and O–H groups in total. The second-order valence-corrected chi connectivity index (χ2v) is 4.26. The molecule has 92 valence electrons. The highest BCUT2D eigenvalue weighted by atomic mass is 16.4. The number of aliphatic hydroxyl groups is 3. The van der Waals surface area contributed by atoms with Gasteiger partial charge < -0.3 is 15.3 Å². The van der Waals surface area contributed by atoms with Crippen molar-refractivity contribution < 1.29 is 15.3 Å². The van der Waals surface area contributed by atoms with E-state index in [0.717, 1.165) is 25.7 Å². The topological polar surface area (TPSA) is 60.7 Å². The highest BCUT2D eigenvalue weighted by Crippen LogP contribution is 2.12. The van der Waals surface area contributed by atoms with Crippen LogP contribution in [-0.2, 0) is 0 Å². The smallest absolute Gasteiger partial charge is 0.106 e. The first-order valence-electron chi connectivity index (χ1n) is 6.17. The monoisotopic (exact) mass is 218 g/mol. The van der Waals surface area contributed by atoms with Crippen molar-refractivity contribution in [2.24, 2.45) is 0 Å². The van der Waals surface area contributed by atoms with Crippen molar-refractivity contribution >= 4 is 0 Å². The van der Waals surface area contributed by atoms with Gasteiger partial charge in [0.15, 0.2) is 0 Å². The summed E-state index contributed by atoms with van der Waals surface area (Å²) in [6.07, 6.45) is 3.76. The molecular weight excluding hydrogens is 192 g/mol. The Labute approximate surface area is 93.1 Å². The molecule has 0 aliphatic carbocycles. The number of rotatable bonds is 9. The summed E-state index contributed by atoms with van der Waals surface area (Å²) >= 11 is 0. The third kappa shape index (κ3) is 6.88. The van der Waals surface area contributed by atoms with Gasteiger partial charge in [-0.3, -0.25) is 0 Å². The van der Waals surface area contributed by atoms with Crippen LogP contribution >= 0.6 is 0 Å². The average Bonchev–Trinajstić information content (AvgIpc) is 2.23. The Morgan fingerprint density at radius 1 is 0.733 bits per heavy atom. The van der Waals surface area contributed by atoms with Gasteiger partial charge in [-0.15, -0.1) is 0 Å². The van der Waals surface area contributed by atoms with E-state index in [-0.39, 0.29) is 0 Å². The largest absolute Gasteiger partial charge is 0.390 e. The predicted molar refractivity (Wildman–Crippen MR) is 61.7 cm³/mol. The molecule has 0 spiro atoms. The molecule has 1 unspecified atom stereocenters. The number of hydrogen-bond acceptors (Lipinski definition) is 3. The lowest BCUT2D eigenvalue weighted by atomic mass is 9.99. The molecule has 0 radical (unpaired) electrons. The minimum atomic E-state index is -0.980. The highest BCUT2D eigenvalue weighted by molar-refractivity contribution is 4.74. The lowest BCUT2D eigenvalue weighted by Gasteiger charge is -2.22. The van der Waals surface area contributed by atoms with Gasteiger partial charge in [0.05, 0.1) is 12.2 Å². The summed E-state index contributed by atoms with van der Waals surface area (Å²) in [5.41, 5.74) is 0. The van der Waals surface area contributed by atoms with Crippen molar-refractivity contribution in [1.82, 2.24) is 0 Å². The maximum absolute atomic E-state index is 9.60. The van der Waals surface area contributed by atoms with E-state index in [1.807, 2.05) is 6.92 Å². The van der Waals surface area contributed by atoms with E-state index in [4.69, 9.17) is 0 Å². The molecular formula is C12H26O3. The number of unbranched alkanes of at least 4 members (excludes halogenated alkanes) is 3. The average molecular weight is 218 g/mol. The fourth-order valence-electron chi connectivity index (χ4n) is 1.67. The molecule has 0 saturated heterocycles. The van der Waals surface area contributed by atoms with Crippen LogP contribution < -0.4 is 0 Å². The van der Waals surface area contributed by atoms with Crippen LogP contribution in [0, 0.1) is 0 Å². The first kappa shape index (κ1) is 14.9. The minimum Gasteiger partial charge on any atom is -0.390 e. The van der Waals surface area contributed by atoms with Crippen LogP contribution in [0.3, 0.4) is 0 Å². The number of hydrogen-bond donors (Lipinski definition) is 3. The first-order chi connectivity index (χ1) is 7.13. The van der Waals surface area contributed by atoms with E-state index in [1.54, 1.807) is 0 Å². The van der Waals surface area contributed by atoms with Crippen molar-refractivity contribution in [2.45, 2.75) is 77.1 Å². The molecule has 0 aromatic rings. The third-order valence-corrected chi connectivity index (χ3v) is 2.73. The lowest BCUT2D eigenvalue weighted by molar-refractivity contribution is -0.0647. The zero-order valence-corrected chi connectivity index (χ0v) is 10.0. The zero-order chi connectivity index (χ0) is 11.7. The maximum Gasteiger partial charge on any atom is 0.106 e. The van der Waals surface area contributed by atoms with Gasteiger partial charge >= 0.3 is 0 Å². The van der Waals surface area contributed by atoms with Gasteiger partial charge in [0.2, 0.25) is 0 Å². The maximum atomic E-state index is 9.60. The highest BCUT2D eigenvalue weighted by Gasteiger charge is 2.23. The van der Waals surface area contributed by atoms with Crippen LogP contribution in [-0.4, -0.2) is 33.6 Å². The second-order valence-electron chi connectivity index (χ2n) is 4.26. The van der Waals surface area contributed by atoms with Crippen molar-refractivity contribution in [3.8, 4) is 0 Å². The Balaban J connectivity index is 3.63. The SMILES string of the molecule is CCCCCC[C@@H](O)[C@@H](O)C(O)CCC. The number of aliphatic hydroxyl groups excluding tert-OH is 3. The summed E-state index contributed by atoms with van der Waals surface area (Å²) in [6.45, 7) is 4.08. The molecule has 0 bridgehead atoms. The molecule has 3 heteroatoms. The Morgan fingerprint density at radius 3 is 1.87 bits per heavy atom. The molecule has 0 aromatic heterocycles. The quantitative estimate of drug-likeness (QED) is 0.517. The molecule has 0 rings (SSSR count). The van der Waals surface area contributed by atoms with Gasteiger partial charge in [-0.25, -0.2) is 0 Å². The molecule has 0 saturated carbocycles. The van der Waals surface area contributed by atoms with Gasteiger partial charge in [0.25, 0.3) is 0 Å². The van der Waals surface area contributed by atoms with E-state index in [1.165, 1.54) is 6.42 Å². The van der Waals surface area contributed by atoms with Crippen molar-refractivity contribution in [3.05, 3.63) is 0 Å². The fourth-order valence-corrected chi connectivity index (χ4v) is 1.67. The lowest BCUT2D eigenvalue weighted by Crippen LogP contribution is -2.37. The van der Waals surface area contributed by atoms with E-state index in [2.05, 4.69) is 6.92 Å². The van der Waals surface area contributed by atoms with Gasteiger partial charge in [-0.1, -0.05) is 46.0 Å².